The maximum absolute atomic E-state index is 14.4. The Labute approximate surface area is 125 Å². The third-order valence-corrected chi connectivity index (χ3v) is 4.14. The second-order valence-electron chi connectivity index (χ2n) is 5.92. The van der Waals surface area contributed by atoms with E-state index in [0.717, 1.165) is 16.7 Å². The Balaban J connectivity index is 2.49. The Morgan fingerprint density at radius 1 is 1.19 bits per heavy atom. The third kappa shape index (κ3) is 3.42. The average molecular weight is 298 g/mol. The van der Waals surface area contributed by atoms with Gasteiger partial charge in [-0.05, 0) is 37.5 Å². The topological polar surface area (TPSA) is 35.5 Å². The van der Waals surface area contributed by atoms with Crippen LogP contribution in [0.4, 0.5) is 8.78 Å². The fraction of sp³-hybridized carbons (Fsp3) is 0.625. The molecule has 1 fully saturated rings. The predicted octanol–water partition coefficient (Wildman–Crippen LogP) is 2.19. The molecule has 1 heterocycles. The van der Waals surface area contributed by atoms with Gasteiger partial charge in [-0.2, -0.15) is 0 Å². The Hall–Kier alpha value is -1.04. The van der Waals surface area contributed by atoms with Gasteiger partial charge in [-0.15, -0.1) is 0 Å². The lowest BCUT2D eigenvalue weighted by atomic mass is 9.89. The van der Waals surface area contributed by atoms with Crippen LogP contribution in [0, 0.1) is 20.8 Å². The van der Waals surface area contributed by atoms with E-state index >= 15 is 0 Å². The highest BCUT2D eigenvalue weighted by Gasteiger charge is 2.45. The first-order chi connectivity index (χ1) is 9.86. The first kappa shape index (κ1) is 16.3. The highest BCUT2D eigenvalue weighted by Crippen LogP contribution is 2.39. The normalized spacial score (nSPS) is 18.8. The van der Waals surface area contributed by atoms with Crippen molar-refractivity contribution in [3.05, 3.63) is 34.4 Å². The molecule has 0 aliphatic carbocycles. The van der Waals surface area contributed by atoms with Gasteiger partial charge in [-0.3, -0.25) is 4.90 Å². The number of aliphatic hydroxyl groups excluding tert-OH is 1. The van der Waals surface area contributed by atoms with Crippen molar-refractivity contribution in [2.75, 3.05) is 32.8 Å². The van der Waals surface area contributed by atoms with Crippen LogP contribution in [0.15, 0.2) is 12.1 Å². The molecule has 0 unspecified atom stereocenters. The quantitative estimate of drug-likeness (QED) is 0.894. The lowest BCUT2D eigenvalue weighted by molar-refractivity contribution is -0.119. The van der Waals surface area contributed by atoms with Crippen molar-refractivity contribution in [3.8, 4) is 0 Å². The van der Waals surface area contributed by atoms with Crippen molar-refractivity contribution in [1.29, 1.82) is 0 Å². The number of halogens is 2. The zero-order valence-electron chi connectivity index (χ0n) is 12.9. The van der Waals surface area contributed by atoms with E-state index in [9.17, 15) is 13.9 Å². The molecule has 0 radical (unpaired) electrons. The zero-order chi connectivity index (χ0) is 15.6. The number of nitrogens with one attached hydrogen (secondary N) is 1. The summed E-state index contributed by atoms with van der Waals surface area (Å²) in [5, 5.41) is 12.4. The van der Waals surface area contributed by atoms with Crippen molar-refractivity contribution < 1.29 is 13.9 Å². The molecule has 2 rings (SSSR count). The van der Waals surface area contributed by atoms with E-state index in [1.807, 2.05) is 32.9 Å². The van der Waals surface area contributed by atoms with E-state index in [1.54, 1.807) is 4.90 Å². The smallest absolute Gasteiger partial charge is 0.289 e. The van der Waals surface area contributed by atoms with Crippen LogP contribution in [0.5, 0.6) is 0 Å². The molecule has 0 saturated carbocycles. The second kappa shape index (κ2) is 6.38. The highest BCUT2D eigenvalue weighted by molar-refractivity contribution is 5.41. The number of hydrogen-bond donors (Lipinski definition) is 2. The molecule has 5 heteroatoms. The summed E-state index contributed by atoms with van der Waals surface area (Å²) >= 11 is 0. The van der Waals surface area contributed by atoms with Crippen molar-refractivity contribution >= 4 is 0 Å². The minimum atomic E-state index is -3.15. The number of nitrogens with zero attached hydrogens (tertiary/aromatic N) is 1. The van der Waals surface area contributed by atoms with Crippen LogP contribution in [-0.4, -0.2) is 48.7 Å². The molecule has 3 nitrogen and oxygen atoms in total. The summed E-state index contributed by atoms with van der Waals surface area (Å²) in [5.74, 6) is -3.15. The lowest BCUT2D eigenvalue weighted by Gasteiger charge is -2.40. The van der Waals surface area contributed by atoms with E-state index in [-0.39, 0.29) is 0 Å². The maximum atomic E-state index is 14.4. The number of aryl methyl sites for hydroxylation is 3. The number of aliphatic hydroxyl groups is 1. The van der Waals surface area contributed by atoms with Crippen molar-refractivity contribution in [2.45, 2.75) is 32.7 Å². The van der Waals surface area contributed by atoms with Crippen LogP contribution in [0.2, 0.25) is 0 Å². The van der Waals surface area contributed by atoms with Crippen molar-refractivity contribution in [1.82, 2.24) is 10.2 Å². The molecule has 1 saturated heterocycles. The second-order valence-corrected chi connectivity index (χ2v) is 5.92. The third-order valence-electron chi connectivity index (χ3n) is 4.14. The summed E-state index contributed by atoms with van der Waals surface area (Å²) in [6, 6.07) is 2.81. The Bertz CT molecular complexity index is 476. The Kier molecular flexibility index (Phi) is 4.96. The summed E-state index contributed by atoms with van der Waals surface area (Å²) in [6.07, 6.45) is 0. The van der Waals surface area contributed by atoms with Gasteiger partial charge >= 0.3 is 0 Å². The van der Waals surface area contributed by atoms with E-state index in [0.29, 0.717) is 31.7 Å². The predicted molar refractivity (Wildman–Crippen MR) is 79.9 cm³/mol. The van der Waals surface area contributed by atoms with Gasteiger partial charge in [0, 0.05) is 26.2 Å². The molecule has 1 aromatic rings. The van der Waals surface area contributed by atoms with Crippen molar-refractivity contribution in [2.24, 2.45) is 0 Å². The van der Waals surface area contributed by atoms with Gasteiger partial charge in [0.15, 0.2) is 0 Å². The summed E-state index contributed by atoms with van der Waals surface area (Å²) < 4.78 is 28.9. The number of rotatable bonds is 4. The first-order valence-corrected chi connectivity index (χ1v) is 7.38. The first-order valence-electron chi connectivity index (χ1n) is 7.38. The van der Waals surface area contributed by atoms with Crippen LogP contribution in [-0.2, 0) is 0 Å². The fourth-order valence-corrected chi connectivity index (χ4v) is 3.31. The van der Waals surface area contributed by atoms with Crippen LogP contribution in [0.25, 0.3) is 0 Å². The monoisotopic (exact) mass is 298 g/mol. The van der Waals surface area contributed by atoms with Crippen LogP contribution in [0.1, 0.15) is 28.3 Å². The molecule has 2 N–H and O–H groups in total. The zero-order valence-corrected chi connectivity index (χ0v) is 12.9. The molecular formula is C16H24F2N2O. The SMILES string of the molecule is Cc1cc(C)c([C@@H](N2CCNCC2)C(F)(F)CO)c(C)c1. The summed E-state index contributed by atoms with van der Waals surface area (Å²) in [4.78, 5) is 1.79. The maximum Gasteiger partial charge on any atom is 0.289 e. The molecule has 0 aromatic heterocycles. The number of hydrogen-bond acceptors (Lipinski definition) is 3. The molecule has 0 bridgehead atoms. The van der Waals surface area contributed by atoms with Gasteiger partial charge in [0.25, 0.3) is 5.92 Å². The molecular weight excluding hydrogens is 274 g/mol. The van der Waals surface area contributed by atoms with E-state index in [4.69, 9.17) is 0 Å². The van der Waals surface area contributed by atoms with Gasteiger partial charge in [-0.25, -0.2) is 8.78 Å². The Morgan fingerprint density at radius 3 is 2.19 bits per heavy atom. The molecule has 21 heavy (non-hydrogen) atoms. The van der Waals surface area contributed by atoms with Crippen molar-refractivity contribution in [3.63, 3.8) is 0 Å². The summed E-state index contributed by atoms with van der Waals surface area (Å²) in [7, 11) is 0. The Morgan fingerprint density at radius 2 is 1.71 bits per heavy atom. The van der Waals surface area contributed by atoms with Gasteiger partial charge in [-0.1, -0.05) is 17.7 Å². The molecule has 1 aliphatic heterocycles. The standard InChI is InChI=1S/C16H24F2N2O/c1-11-8-12(2)14(13(3)9-11)15(16(17,18)10-21)20-6-4-19-5-7-20/h8-9,15,19,21H,4-7,10H2,1-3H3/t15-/m1/s1. The lowest BCUT2D eigenvalue weighted by Crippen LogP contribution is -2.51. The largest absolute Gasteiger partial charge is 0.390 e. The van der Waals surface area contributed by atoms with Gasteiger partial charge in [0.2, 0.25) is 0 Å². The van der Waals surface area contributed by atoms with Crippen LogP contribution < -0.4 is 5.32 Å². The number of benzene rings is 1. The molecule has 1 aliphatic rings. The number of alkyl halides is 2. The molecule has 118 valence electrons. The highest BCUT2D eigenvalue weighted by atomic mass is 19.3. The molecule has 1 aromatic carbocycles. The molecule has 0 amide bonds. The fourth-order valence-electron chi connectivity index (χ4n) is 3.31. The minimum Gasteiger partial charge on any atom is -0.390 e. The van der Waals surface area contributed by atoms with E-state index in [1.165, 1.54) is 0 Å². The summed E-state index contributed by atoms with van der Waals surface area (Å²) in [6.45, 7) is 7.10. The molecule has 1 atom stereocenters. The van der Waals surface area contributed by atoms with E-state index < -0.39 is 18.6 Å². The van der Waals surface area contributed by atoms with Gasteiger partial charge in [0.1, 0.15) is 12.6 Å². The molecule has 0 spiro atoms. The van der Waals surface area contributed by atoms with E-state index in [2.05, 4.69) is 5.32 Å². The average Bonchev–Trinajstić information content (AvgIpc) is 2.43. The number of piperazine rings is 1. The minimum absolute atomic E-state index is 0.563. The van der Waals surface area contributed by atoms with Gasteiger partial charge < -0.3 is 10.4 Å². The van der Waals surface area contributed by atoms with Crippen LogP contribution in [0.3, 0.4) is 0 Å². The van der Waals surface area contributed by atoms with Crippen LogP contribution >= 0.6 is 0 Å². The van der Waals surface area contributed by atoms with Gasteiger partial charge in [0.05, 0.1) is 0 Å². The summed E-state index contributed by atoms with van der Waals surface area (Å²) in [5.41, 5.74) is 3.45.